The van der Waals surface area contributed by atoms with E-state index in [1.807, 2.05) is 79.4 Å². The predicted octanol–water partition coefficient (Wildman–Crippen LogP) is 3.42. The van der Waals surface area contributed by atoms with Crippen LogP contribution in [0.1, 0.15) is 44.2 Å². The van der Waals surface area contributed by atoms with Crippen molar-refractivity contribution in [3.05, 3.63) is 88.5 Å². The molecule has 4 aromatic rings. The van der Waals surface area contributed by atoms with Crippen LogP contribution in [0.5, 0.6) is 0 Å². The zero-order valence-electron chi connectivity index (χ0n) is 29.7. The smallest absolute Gasteiger partial charge is 0.323 e. The number of hydrogen-bond acceptors (Lipinski definition) is 11. The van der Waals surface area contributed by atoms with Gasteiger partial charge in [0.1, 0.15) is 12.1 Å². The number of ether oxygens (including phenoxy) is 2. The molecule has 4 rings (SSSR count). The number of fused-ring (bicyclic) bond motifs is 1. The summed E-state index contributed by atoms with van der Waals surface area (Å²) >= 11 is 0. The molecule has 0 aliphatic rings. The van der Waals surface area contributed by atoms with Crippen LogP contribution in [0.15, 0.2) is 71.8 Å². The van der Waals surface area contributed by atoms with Crippen molar-refractivity contribution >= 4 is 36.5 Å². The second-order valence-corrected chi connectivity index (χ2v) is 14.8. The van der Waals surface area contributed by atoms with Crippen LogP contribution in [-0.4, -0.2) is 87.5 Å². The van der Waals surface area contributed by atoms with Gasteiger partial charge in [0.2, 0.25) is 13.4 Å². The quantitative estimate of drug-likeness (QED) is 0.0675. The fourth-order valence-electron chi connectivity index (χ4n) is 5.55. The number of nitrogen functional groups attached to an aromatic ring is 1. The van der Waals surface area contributed by atoms with E-state index >= 15 is 4.57 Å². The summed E-state index contributed by atoms with van der Waals surface area (Å²) in [6.07, 6.45) is 3.28. The van der Waals surface area contributed by atoms with E-state index in [2.05, 4.69) is 31.2 Å². The van der Waals surface area contributed by atoms with Gasteiger partial charge in [0, 0.05) is 38.8 Å². The summed E-state index contributed by atoms with van der Waals surface area (Å²) in [5.74, 6) is -1.16. The summed E-state index contributed by atoms with van der Waals surface area (Å²) in [5, 5.41) is 15.7. The van der Waals surface area contributed by atoms with E-state index in [9.17, 15) is 19.6 Å². The second kappa shape index (κ2) is 20.2. The Morgan fingerprint density at radius 1 is 0.942 bits per heavy atom. The number of carbonyl (C=O) groups excluding carboxylic acids is 2. The van der Waals surface area contributed by atoms with Crippen molar-refractivity contribution < 1.29 is 23.6 Å². The van der Waals surface area contributed by atoms with Crippen LogP contribution in [-0.2, 0) is 43.0 Å². The van der Waals surface area contributed by atoms with Gasteiger partial charge in [-0.3, -0.25) is 28.8 Å². The SMILES string of the molecule is CCCOC(=O)[C@H](Cc1ccccc1)NP(=O)(CCN(CCC#N)CCn1cnc2c(=O)[nH]c(N)nc21)N[C@@H](Cc1ccccc1)C(=O)OCCC. The van der Waals surface area contributed by atoms with Gasteiger partial charge in [-0.05, 0) is 36.8 Å². The Labute approximate surface area is 303 Å². The Bertz CT molecular complexity index is 1810. The third-order valence-corrected chi connectivity index (χ3v) is 10.5. The number of aromatic amines is 1. The number of rotatable bonds is 22. The van der Waals surface area contributed by atoms with Gasteiger partial charge in [0.05, 0.1) is 25.6 Å². The Kier molecular flexibility index (Phi) is 15.5. The maximum Gasteiger partial charge on any atom is 0.323 e. The molecule has 0 saturated carbocycles. The fraction of sp³-hybridized carbons (Fsp3) is 0.444. The van der Waals surface area contributed by atoms with E-state index in [1.54, 1.807) is 4.57 Å². The fourth-order valence-corrected chi connectivity index (χ4v) is 7.85. The molecule has 0 amide bonds. The lowest BCUT2D eigenvalue weighted by Crippen LogP contribution is -2.47. The van der Waals surface area contributed by atoms with Crippen molar-refractivity contribution in [1.82, 2.24) is 34.6 Å². The minimum Gasteiger partial charge on any atom is -0.465 e. The van der Waals surface area contributed by atoms with E-state index in [0.29, 0.717) is 38.1 Å². The van der Waals surface area contributed by atoms with Crippen molar-refractivity contribution in [3.63, 3.8) is 0 Å². The van der Waals surface area contributed by atoms with Crippen molar-refractivity contribution in [1.29, 1.82) is 5.26 Å². The van der Waals surface area contributed by atoms with Gasteiger partial charge in [-0.2, -0.15) is 10.2 Å². The van der Waals surface area contributed by atoms with Crippen molar-refractivity contribution in [3.8, 4) is 6.07 Å². The minimum absolute atomic E-state index is 0.0212. The normalized spacial score (nSPS) is 12.7. The predicted molar refractivity (Wildman–Crippen MR) is 198 cm³/mol. The first-order chi connectivity index (χ1) is 25.1. The summed E-state index contributed by atoms with van der Waals surface area (Å²) in [5.41, 5.74) is 7.46. The zero-order chi connectivity index (χ0) is 37.3. The largest absolute Gasteiger partial charge is 0.465 e. The van der Waals surface area contributed by atoms with Crippen molar-refractivity contribution in [2.24, 2.45) is 0 Å². The molecule has 0 aliphatic carbocycles. The Balaban J connectivity index is 1.64. The molecule has 2 heterocycles. The summed E-state index contributed by atoms with van der Waals surface area (Å²) in [6, 6.07) is 18.8. The molecular formula is C36H48N9O6P. The minimum atomic E-state index is -3.82. The summed E-state index contributed by atoms with van der Waals surface area (Å²) in [7, 11) is -3.82. The number of carbonyl (C=O) groups is 2. The number of H-pyrrole nitrogens is 1. The molecule has 52 heavy (non-hydrogen) atoms. The Morgan fingerprint density at radius 3 is 2.02 bits per heavy atom. The monoisotopic (exact) mass is 733 g/mol. The van der Waals surface area contributed by atoms with Gasteiger partial charge in [0.25, 0.3) is 5.56 Å². The van der Waals surface area contributed by atoms with Crippen molar-refractivity contribution in [2.75, 3.05) is 44.7 Å². The number of anilines is 1. The molecule has 278 valence electrons. The first-order valence-electron chi connectivity index (χ1n) is 17.5. The number of hydrogen-bond donors (Lipinski definition) is 4. The molecule has 2 atom stereocenters. The molecule has 15 nitrogen and oxygen atoms in total. The number of nitrogens with one attached hydrogen (secondary N) is 3. The van der Waals surface area contributed by atoms with Gasteiger partial charge < -0.3 is 19.8 Å². The molecular weight excluding hydrogens is 685 g/mol. The first-order valence-corrected chi connectivity index (χ1v) is 19.4. The molecule has 2 aromatic carbocycles. The lowest BCUT2D eigenvalue weighted by molar-refractivity contribution is -0.146. The van der Waals surface area contributed by atoms with Crippen molar-refractivity contribution in [2.45, 2.75) is 64.6 Å². The standard InChI is InChI=1S/C36H48N9O6P/c1-3-21-50-34(47)29(24-27-12-7-5-8-13-27)42-52(49,43-30(35(48)51-22-4-2)25-28-14-9-6-10-15-28)23-20-44(17-11-16-37)18-19-45-26-39-31-32(45)40-36(38)41-33(31)46/h5-10,12-15,26,29-30H,3-4,11,17-25H2,1-2H3,(H2,42,43,49)(H3,38,40,41,46)/t29-,30-/m0/s1. The van der Waals surface area contributed by atoms with Gasteiger partial charge >= 0.3 is 11.9 Å². The van der Waals surface area contributed by atoms with E-state index in [-0.39, 0.29) is 56.6 Å². The highest BCUT2D eigenvalue weighted by molar-refractivity contribution is 7.60. The number of nitriles is 1. The average molecular weight is 734 g/mol. The molecule has 0 radical (unpaired) electrons. The van der Waals surface area contributed by atoms with Crippen LogP contribution in [0.3, 0.4) is 0 Å². The maximum atomic E-state index is 15.2. The van der Waals surface area contributed by atoms with Crippen LogP contribution in [0.25, 0.3) is 11.2 Å². The summed E-state index contributed by atoms with van der Waals surface area (Å²) < 4.78 is 28.0. The van der Waals surface area contributed by atoms with Crippen LogP contribution >= 0.6 is 7.44 Å². The number of nitrogens with two attached hydrogens (primary N) is 1. The highest BCUT2D eigenvalue weighted by atomic mass is 31.2. The lowest BCUT2D eigenvalue weighted by atomic mass is 10.1. The number of imidazole rings is 1. The molecule has 0 spiro atoms. The number of nitrogens with zero attached hydrogens (tertiary/aromatic N) is 5. The molecule has 2 aromatic heterocycles. The lowest BCUT2D eigenvalue weighted by Gasteiger charge is -2.31. The van der Waals surface area contributed by atoms with Crippen LogP contribution < -0.4 is 21.5 Å². The van der Waals surface area contributed by atoms with Crippen LogP contribution in [0.2, 0.25) is 0 Å². The third kappa shape index (κ3) is 12.1. The third-order valence-electron chi connectivity index (χ3n) is 8.18. The topological polar surface area (TPSA) is 210 Å². The highest BCUT2D eigenvalue weighted by Gasteiger charge is 2.36. The average Bonchev–Trinajstić information content (AvgIpc) is 3.55. The van der Waals surface area contributed by atoms with Gasteiger partial charge in [0.15, 0.2) is 11.2 Å². The van der Waals surface area contributed by atoms with Gasteiger partial charge in [-0.15, -0.1) is 0 Å². The summed E-state index contributed by atoms with van der Waals surface area (Å²) in [6.45, 7) is 5.44. The Hall–Kier alpha value is -4.87. The molecule has 0 aliphatic heterocycles. The Morgan fingerprint density at radius 2 is 1.50 bits per heavy atom. The second-order valence-electron chi connectivity index (χ2n) is 12.4. The zero-order valence-corrected chi connectivity index (χ0v) is 30.6. The number of aromatic nitrogens is 4. The molecule has 5 N–H and O–H groups in total. The van der Waals surface area contributed by atoms with E-state index in [0.717, 1.165) is 11.1 Å². The number of esters is 2. The van der Waals surface area contributed by atoms with E-state index in [1.165, 1.54) is 6.33 Å². The number of benzene rings is 2. The highest BCUT2D eigenvalue weighted by Crippen LogP contribution is 2.38. The van der Waals surface area contributed by atoms with Gasteiger partial charge in [-0.1, -0.05) is 74.5 Å². The van der Waals surface area contributed by atoms with E-state index < -0.39 is 37.0 Å². The van der Waals surface area contributed by atoms with Crippen LogP contribution in [0, 0.1) is 11.3 Å². The molecule has 0 unspecified atom stereocenters. The maximum absolute atomic E-state index is 15.2. The molecule has 16 heteroatoms. The summed E-state index contributed by atoms with van der Waals surface area (Å²) in [4.78, 5) is 52.1. The molecule has 0 bridgehead atoms. The molecule has 0 fully saturated rings. The first kappa shape index (κ1) is 39.9. The van der Waals surface area contributed by atoms with E-state index in [4.69, 9.17) is 15.2 Å². The van der Waals surface area contributed by atoms with Crippen LogP contribution in [0.4, 0.5) is 5.95 Å². The molecule has 0 saturated heterocycles. The van der Waals surface area contributed by atoms with Gasteiger partial charge in [-0.25, -0.2) is 15.2 Å².